The first-order valence-corrected chi connectivity index (χ1v) is 8.93. The van der Waals surface area contributed by atoms with Gasteiger partial charge in [-0.25, -0.2) is 0 Å². The normalized spacial score (nSPS) is 13.0. The van der Waals surface area contributed by atoms with Gasteiger partial charge in [-0.05, 0) is 36.3 Å². The molecule has 23 heavy (non-hydrogen) atoms. The van der Waals surface area contributed by atoms with Crippen LogP contribution in [0.2, 0.25) is 0 Å². The highest BCUT2D eigenvalue weighted by molar-refractivity contribution is 5.47. The monoisotopic (exact) mass is 318 g/mol. The molecule has 1 unspecified atom stereocenters. The summed E-state index contributed by atoms with van der Waals surface area (Å²) in [7, 11) is 3.54. The van der Waals surface area contributed by atoms with Crippen molar-refractivity contribution < 1.29 is 9.47 Å². The zero-order valence-electron chi connectivity index (χ0n) is 15.4. The molecule has 0 saturated carbocycles. The largest absolute Gasteiger partial charge is 0.353 e. The number of methoxy groups -OCH3 is 2. The van der Waals surface area contributed by atoms with Crippen LogP contribution in [0, 0.1) is 0 Å². The average molecular weight is 319 g/mol. The number of unbranched alkanes of at least 4 members (excludes halogenated alkanes) is 2. The SMILES string of the molecule is C=Cc1ccc(C(C)CCCC(CCCCC)(OC)OC)cc1. The smallest absolute Gasteiger partial charge is 0.167 e. The summed E-state index contributed by atoms with van der Waals surface area (Å²) in [5.41, 5.74) is 2.57. The fraction of sp³-hybridized carbons (Fsp3) is 0.619. The van der Waals surface area contributed by atoms with Gasteiger partial charge in [0.05, 0.1) is 0 Å². The van der Waals surface area contributed by atoms with Crippen LogP contribution in [0.25, 0.3) is 6.08 Å². The van der Waals surface area contributed by atoms with E-state index in [9.17, 15) is 0 Å². The van der Waals surface area contributed by atoms with E-state index < -0.39 is 5.79 Å². The van der Waals surface area contributed by atoms with Crippen molar-refractivity contribution in [1.29, 1.82) is 0 Å². The van der Waals surface area contributed by atoms with Gasteiger partial charge < -0.3 is 9.47 Å². The van der Waals surface area contributed by atoms with Crippen molar-refractivity contribution in [2.75, 3.05) is 14.2 Å². The second kappa shape index (κ2) is 10.6. The molecule has 0 aromatic heterocycles. The van der Waals surface area contributed by atoms with Gasteiger partial charge in [0, 0.05) is 27.1 Å². The van der Waals surface area contributed by atoms with Crippen LogP contribution in [0.1, 0.15) is 75.8 Å². The van der Waals surface area contributed by atoms with E-state index >= 15 is 0 Å². The quantitative estimate of drug-likeness (QED) is 0.339. The Morgan fingerprint density at radius 1 is 1.04 bits per heavy atom. The molecule has 1 rings (SSSR count). The third-order valence-corrected chi connectivity index (χ3v) is 4.84. The van der Waals surface area contributed by atoms with Gasteiger partial charge in [-0.3, -0.25) is 0 Å². The molecular weight excluding hydrogens is 284 g/mol. The summed E-state index contributed by atoms with van der Waals surface area (Å²) in [5, 5.41) is 0. The van der Waals surface area contributed by atoms with Crippen molar-refractivity contribution >= 4 is 6.08 Å². The lowest BCUT2D eigenvalue weighted by Crippen LogP contribution is -2.33. The van der Waals surface area contributed by atoms with E-state index in [1.54, 1.807) is 14.2 Å². The van der Waals surface area contributed by atoms with Crippen molar-refractivity contribution in [2.24, 2.45) is 0 Å². The standard InChI is InChI=1S/C21H34O2/c1-6-8-9-16-21(22-4,23-5)17-10-11-18(3)20-14-12-19(7-2)13-15-20/h7,12-15,18H,2,6,8-11,16-17H2,1,3-5H3. The molecule has 0 bridgehead atoms. The maximum atomic E-state index is 5.72. The maximum Gasteiger partial charge on any atom is 0.167 e. The summed E-state index contributed by atoms with van der Waals surface area (Å²) in [6, 6.07) is 8.70. The van der Waals surface area contributed by atoms with Crippen molar-refractivity contribution in [3.8, 4) is 0 Å². The molecular formula is C21H34O2. The Hall–Kier alpha value is -1.12. The summed E-state index contributed by atoms with van der Waals surface area (Å²) in [6.07, 6.45) is 9.71. The van der Waals surface area contributed by atoms with Crippen LogP contribution < -0.4 is 0 Å². The Bertz CT molecular complexity index is 432. The zero-order valence-corrected chi connectivity index (χ0v) is 15.4. The van der Waals surface area contributed by atoms with Crippen molar-refractivity contribution in [2.45, 2.75) is 70.5 Å². The van der Waals surface area contributed by atoms with Crippen molar-refractivity contribution in [3.05, 3.63) is 42.0 Å². The van der Waals surface area contributed by atoms with Gasteiger partial charge in [0.15, 0.2) is 5.79 Å². The van der Waals surface area contributed by atoms with Gasteiger partial charge in [-0.2, -0.15) is 0 Å². The summed E-state index contributed by atoms with van der Waals surface area (Å²) in [5.74, 6) is 0.151. The second-order valence-electron chi connectivity index (χ2n) is 6.44. The lowest BCUT2D eigenvalue weighted by molar-refractivity contribution is -0.216. The summed E-state index contributed by atoms with van der Waals surface area (Å²) in [4.78, 5) is 0. The molecule has 130 valence electrons. The first-order chi connectivity index (χ1) is 11.1. The third-order valence-electron chi connectivity index (χ3n) is 4.84. The highest BCUT2D eigenvalue weighted by atomic mass is 16.7. The molecule has 1 aromatic carbocycles. The molecule has 0 radical (unpaired) electrons. The van der Waals surface area contributed by atoms with E-state index in [4.69, 9.17) is 9.47 Å². The van der Waals surface area contributed by atoms with Crippen LogP contribution >= 0.6 is 0 Å². The van der Waals surface area contributed by atoms with Crippen LogP contribution in [0.3, 0.4) is 0 Å². The van der Waals surface area contributed by atoms with E-state index in [1.807, 2.05) is 6.08 Å². The number of benzene rings is 1. The molecule has 0 aliphatic rings. The average Bonchev–Trinajstić information content (AvgIpc) is 2.60. The molecule has 0 fully saturated rings. The Morgan fingerprint density at radius 2 is 1.65 bits per heavy atom. The number of ether oxygens (including phenoxy) is 2. The second-order valence-corrected chi connectivity index (χ2v) is 6.44. The Balaban J connectivity index is 2.49. The third kappa shape index (κ3) is 6.48. The van der Waals surface area contributed by atoms with Crippen LogP contribution in [0.15, 0.2) is 30.8 Å². The molecule has 0 aliphatic carbocycles. The van der Waals surface area contributed by atoms with Gasteiger partial charge in [0.1, 0.15) is 0 Å². The molecule has 0 saturated heterocycles. The first-order valence-electron chi connectivity index (χ1n) is 8.93. The van der Waals surface area contributed by atoms with E-state index in [0.717, 1.165) is 32.1 Å². The fourth-order valence-corrected chi connectivity index (χ4v) is 3.07. The molecule has 0 amide bonds. The molecule has 0 N–H and O–H groups in total. The molecule has 0 aliphatic heterocycles. The summed E-state index contributed by atoms with van der Waals surface area (Å²) >= 11 is 0. The molecule has 1 aromatic rings. The highest BCUT2D eigenvalue weighted by Crippen LogP contribution is 2.29. The minimum Gasteiger partial charge on any atom is -0.353 e. The van der Waals surface area contributed by atoms with Crippen molar-refractivity contribution in [3.63, 3.8) is 0 Å². The lowest BCUT2D eigenvalue weighted by atomic mass is 9.92. The molecule has 2 nitrogen and oxygen atoms in total. The van der Waals surface area contributed by atoms with E-state index in [-0.39, 0.29) is 0 Å². The van der Waals surface area contributed by atoms with Gasteiger partial charge in [0.2, 0.25) is 0 Å². The molecule has 2 heteroatoms. The Kier molecular flexibility index (Phi) is 9.20. The fourth-order valence-electron chi connectivity index (χ4n) is 3.07. The highest BCUT2D eigenvalue weighted by Gasteiger charge is 2.28. The molecule has 1 atom stereocenters. The molecule has 0 spiro atoms. The minimum atomic E-state index is -0.401. The predicted octanol–water partition coefficient (Wildman–Crippen LogP) is 6.17. The van der Waals surface area contributed by atoms with Gasteiger partial charge in [0.25, 0.3) is 0 Å². The van der Waals surface area contributed by atoms with Crippen LogP contribution in [0.5, 0.6) is 0 Å². The maximum absolute atomic E-state index is 5.72. The summed E-state index contributed by atoms with van der Waals surface area (Å²) in [6.45, 7) is 8.32. The predicted molar refractivity (Wildman–Crippen MR) is 99.7 cm³/mol. The number of hydrogen-bond donors (Lipinski definition) is 0. The van der Waals surface area contributed by atoms with E-state index in [1.165, 1.54) is 24.0 Å². The Labute approximate surface area is 142 Å². The number of rotatable bonds is 12. The van der Waals surface area contributed by atoms with E-state index in [2.05, 4.69) is 44.7 Å². The van der Waals surface area contributed by atoms with Crippen LogP contribution in [0.4, 0.5) is 0 Å². The van der Waals surface area contributed by atoms with Gasteiger partial charge in [-0.15, -0.1) is 0 Å². The lowest BCUT2D eigenvalue weighted by Gasteiger charge is -2.31. The van der Waals surface area contributed by atoms with Gasteiger partial charge in [-0.1, -0.05) is 63.6 Å². The first kappa shape index (κ1) is 19.9. The van der Waals surface area contributed by atoms with Gasteiger partial charge >= 0.3 is 0 Å². The number of hydrogen-bond acceptors (Lipinski definition) is 2. The zero-order chi connectivity index (χ0) is 17.1. The van der Waals surface area contributed by atoms with E-state index in [0.29, 0.717) is 5.92 Å². The topological polar surface area (TPSA) is 18.5 Å². The van der Waals surface area contributed by atoms with Crippen LogP contribution in [-0.4, -0.2) is 20.0 Å². The minimum absolute atomic E-state index is 0.401. The summed E-state index contributed by atoms with van der Waals surface area (Å²) < 4.78 is 11.4. The Morgan fingerprint density at radius 3 is 2.17 bits per heavy atom. The van der Waals surface area contributed by atoms with Crippen molar-refractivity contribution in [1.82, 2.24) is 0 Å². The molecule has 0 heterocycles. The van der Waals surface area contributed by atoms with Crippen LogP contribution in [-0.2, 0) is 9.47 Å².